The van der Waals surface area contributed by atoms with Crippen molar-refractivity contribution < 1.29 is 13.9 Å². The maximum absolute atomic E-state index is 12.6. The number of urea groups is 1. The van der Waals surface area contributed by atoms with Crippen LogP contribution in [0.15, 0.2) is 47.1 Å². The number of carbonyl (C=O) groups excluding carboxylic acids is 1. The highest BCUT2D eigenvalue weighted by molar-refractivity contribution is 5.74. The van der Waals surface area contributed by atoms with Crippen molar-refractivity contribution in [3.05, 3.63) is 54.0 Å². The normalized spacial score (nSPS) is 18.4. The number of benzene rings is 1. The first-order valence-electron chi connectivity index (χ1n) is 10.3. The third-order valence-corrected chi connectivity index (χ3v) is 5.62. The number of piperazine rings is 1. The second kappa shape index (κ2) is 9.15. The summed E-state index contributed by atoms with van der Waals surface area (Å²) in [5, 5.41) is 3.06. The summed E-state index contributed by atoms with van der Waals surface area (Å²) in [5.74, 6) is 1.87. The van der Waals surface area contributed by atoms with Crippen LogP contribution in [0, 0.1) is 0 Å². The van der Waals surface area contributed by atoms with Crippen LogP contribution in [0.25, 0.3) is 0 Å². The van der Waals surface area contributed by atoms with Gasteiger partial charge in [-0.25, -0.2) is 4.79 Å². The van der Waals surface area contributed by atoms with Crippen LogP contribution in [0.3, 0.4) is 0 Å². The number of rotatable bonds is 6. The Morgan fingerprint density at radius 1 is 1.07 bits per heavy atom. The van der Waals surface area contributed by atoms with Gasteiger partial charge in [-0.2, -0.15) is 0 Å². The van der Waals surface area contributed by atoms with Crippen molar-refractivity contribution in [1.29, 1.82) is 0 Å². The summed E-state index contributed by atoms with van der Waals surface area (Å²) in [6.07, 6.45) is 6.77. The van der Waals surface area contributed by atoms with Crippen molar-refractivity contribution in [3.8, 4) is 5.75 Å². The molecule has 28 heavy (non-hydrogen) atoms. The summed E-state index contributed by atoms with van der Waals surface area (Å²) >= 11 is 0. The predicted molar refractivity (Wildman–Crippen MR) is 107 cm³/mol. The van der Waals surface area contributed by atoms with E-state index >= 15 is 0 Å². The SMILES string of the molecule is O=C(NCc1ccccc1OC1CCCC1)N1CCN(Cc2ccco2)CC1. The van der Waals surface area contributed by atoms with E-state index in [0.29, 0.717) is 12.6 Å². The van der Waals surface area contributed by atoms with Crippen LogP contribution in [0.1, 0.15) is 37.0 Å². The summed E-state index contributed by atoms with van der Waals surface area (Å²) in [4.78, 5) is 16.8. The van der Waals surface area contributed by atoms with Crippen molar-refractivity contribution in [1.82, 2.24) is 15.1 Å². The highest BCUT2D eigenvalue weighted by atomic mass is 16.5. The molecule has 2 heterocycles. The van der Waals surface area contributed by atoms with Crippen LogP contribution >= 0.6 is 0 Å². The van der Waals surface area contributed by atoms with E-state index in [1.54, 1.807) is 6.26 Å². The van der Waals surface area contributed by atoms with Gasteiger partial charge in [0.2, 0.25) is 0 Å². The average Bonchev–Trinajstić information content (AvgIpc) is 3.42. The molecular formula is C22H29N3O3. The van der Waals surface area contributed by atoms with Crippen molar-refractivity contribution in [2.24, 2.45) is 0 Å². The largest absolute Gasteiger partial charge is 0.490 e. The molecule has 1 N–H and O–H groups in total. The number of furan rings is 1. The molecular weight excluding hydrogens is 354 g/mol. The molecule has 4 rings (SSSR count). The lowest BCUT2D eigenvalue weighted by Gasteiger charge is -2.34. The van der Waals surface area contributed by atoms with Gasteiger partial charge in [0.1, 0.15) is 11.5 Å². The minimum Gasteiger partial charge on any atom is -0.490 e. The van der Waals surface area contributed by atoms with Crippen LogP contribution in [0.4, 0.5) is 4.79 Å². The molecule has 0 unspecified atom stereocenters. The van der Waals surface area contributed by atoms with E-state index in [2.05, 4.69) is 10.2 Å². The van der Waals surface area contributed by atoms with Crippen molar-refractivity contribution in [2.75, 3.05) is 26.2 Å². The molecule has 1 saturated carbocycles. The van der Waals surface area contributed by atoms with E-state index < -0.39 is 0 Å². The number of carbonyl (C=O) groups is 1. The highest BCUT2D eigenvalue weighted by Crippen LogP contribution is 2.26. The van der Waals surface area contributed by atoms with E-state index in [9.17, 15) is 4.79 Å². The molecule has 0 radical (unpaired) electrons. The fourth-order valence-electron chi connectivity index (χ4n) is 3.97. The molecule has 1 aliphatic heterocycles. The molecule has 0 bridgehead atoms. The highest BCUT2D eigenvalue weighted by Gasteiger charge is 2.22. The summed E-state index contributed by atoms with van der Waals surface area (Å²) in [6, 6.07) is 11.9. The molecule has 1 saturated heterocycles. The molecule has 0 spiro atoms. The fraction of sp³-hybridized carbons (Fsp3) is 0.500. The minimum atomic E-state index is -0.00619. The number of nitrogens with one attached hydrogen (secondary N) is 1. The van der Waals surface area contributed by atoms with Gasteiger partial charge in [0.25, 0.3) is 0 Å². The monoisotopic (exact) mass is 383 g/mol. The van der Waals surface area contributed by atoms with Crippen LogP contribution in [0.5, 0.6) is 5.75 Å². The molecule has 2 aromatic rings. The number of hydrogen-bond acceptors (Lipinski definition) is 4. The molecule has 6 nitrogen and oxygen atoms in total. The van der Waals surface area contributed by atoms with E-state index in [0.717, 1.165) is 62.6 Å². The average molecular weight is 383 g/mol. The first kappa shape index (κ1) is 18.9. The maximum Gasteiger partial charge on any atom is 0.317 e. The number of nitrogens with zero attached hydrogens (tertiary/aromatic N) is 2. The number of para-hydroxylation sites is 1. The zero-order valence-corrected chi connectivity index (χ0v) is 16.3. The predicted octanol–water partition coefficient (Wildman–Crippen LogP) is 3.63. The molecule has 0 atom stereocenters. The Kier molecular flexibility index (Phi) is 6.17. The lowest BCUT2D eigenvalue weighted by molar-refractivity contribution is 0.130. The van der Waals surface area contributed by atoms with Gasteiger partial charge in [-0.1, -0.05) is 18.2 Å². The molecule has 1 aromatic heterocycles. The zero-order chi connectivity index (χ0) is 19.2. The smallest absolute Gasteiger partial charge is 0.317 e. The van der Waals surface area contributed by atoms with Crippen molar-refractivity contribution in [2.45, 2.75) is 44.9 Å². The lowest BCUT2D eigenvalue weighted by Crippen LogP contribution is -2.51. The van der Waals surface area contributed by atoms with Gasteiger partial charge in [-0.3, -0.25) is 4.90 Å². The second-order valence-corrected chi connectivity index (χ2v) is 7.63. The van der Waals surface area contributed by atoms with E-state index in [1.165, 1.54) is 12.8 Å². The summed E-state index contributed by atoms with van der Waals surface area (Å²) < 4.78 is 11.6. The van der Waals surface area contributed by atoms with Gasteiger partial charge in [0.05, 0.1) is 18.9 Å². The van der Waals surface area contributed by atoms with Crippen LogP contribution in [-0.4, -0.2) is 48.1 Å². The first-order chi connectivity index (χ1) is 13.8. The molecule has 2 aliphatic rings. The van der Waals surface area contributed by atoms with Crippen molar-refractivity contribution in [3.63, 3.8) is 0 Å². The number of ether oxygens (including phenoxy) is 1. The topological polar surface area (TPSA) is 58.0 Å². The second-order valence-electron chi connectivity index (χ2n) is 7.63. The Hall–Kier alpha value is -2.47. The van der Waals surface area contributed by atoms with Gasteiger partial charge in [-0.05, 0) is 43.9 Å². The van der Waals surface area contributed by atoms with Crippen LogP contribution in [0.2, 0.25) is 0 Å². The lowest BCUT2D eigenvalue weighted by atomic mass is 10.2. The summed E-state index contributed by atoms with van der Waals surface area (Å²) in [5.41, 5.74) is 1.04. The molecule has 2 amide bonds. The van der Waals surface area contributed by atoms with Gasteiger partial charge < -0.3 is 19.4 Å². The first-order valence-corrected chi connectivity index (χ1v) is 10.3. The van der Waals surface area contributed by atoms with Gasteiger partial charge in [0.15, 0.2) is 0 Å². The standard InChI is InChI=1S/C22H29N3O3/c26-22(25-13-11-24(12-14-25)17-20-9-5-15-27-20)23-16-18-6-1-4-10-21(18)28-19-7-2-3-8-19/h1,4-6,9-10,15,19H,2-3,7-8,11-14,16-17H2,(H,23,26). The molecule has 1 aromatic carbocycles. The van der Waals surface area contributed by atoms with E-state index in [4.69, 9.17) is 9.15 Å². The van der Waals surface area contributed by atoms with Crippen LogP contribution < -0.4 is 10.1 Å². The molecule has 6 heteroatoms. The third kappa shape index (κ3) is 4.87. The summed E-state index contributed by atoms with van der Waals surface area (Å²) in [7, 11) is 0. The van der Waals surface area contributed by atoms with E-state index in [-0.39, 0.29) is 6.03 Å². The minimum absolute atomic E-state index is 0.00619. The van der Waals surface area contributed by atoms with Gasteiger partial charge >= 0.3 is 6.03 Å². The third-order valence-electron chi connectivity index (χ3n) is 5.62. The fourth-order valence-corrected chi connectivity index (χ4v) is 3.97. The van der Waals surface area contributed by atoms with Gasteiger partial charge in [-0.15, -0.1) is 0 Å². The molecule has 150 valence electrons. The molecule has 2 fully saturated rings. The van der Waals surface area contributed by atoms with Crippen LogP contribution in [-0.2, 0) is 13.1 Å². The Labute approximate surface area is 166 Å². The Balaban J connectivity index is 1.25. The quantitative estimate of drug-likeness (QED) is 0.828. The van der Waals surface area contributed by atoms with Crippen molar-refractivity contribution >= 4 is 6.03 Å². The number of amides is 2. The maximum atomic E-state index is 12.6. The Bertz CT molecular complexity index is 748. The van der Waals surface area contributed by atoms with E-state index in [1.807, 2.05) is 41.3 Å². The van der Waals surface area contributed by atoms with Gasteiger partial charge in [0, 0.05) is 38.3 Å². The Morgan fingerprint density at radius 2 is 1.86 bits per heavy atom. The Morgan fingerprint density at radius 3 is 2.61 bits per heavy atom. The number of hydrogen-bond donors (Lipinski definition) is 1. The molecule has 1 aliphatic carbocycles. The zero-order valence-electron chi connectivity index (χ0n) is 16.3. The summed E-state index contributed by atoms with van der Waals surface area (Å²) in [6.45, 7) is 4.47.